The zero-order chi connectivity index (χ0) is 15.9. The topological polar surface area (TPSA) is 56.5 Å². The highest BCUT2D eigenvalue weighted by atomic mass is 79.9. The molecule has 0 spiro atoms. The molecular formula is C13H18BrF3N2O2. The summed E-state index contributed by atoms with van der Waals surface area (Å²) in [4.78, 5) is 0. The molecule has 0 amide bonds. The molecular weight excluding hydrogens is 353 g/mol. The van der Waals surface area contributed by atoms with Crippen LogP contribution in [0.4, 0.5) is 13.2 Å². The van der Waals surface area contributed by atoms with Gasteiger partial charge in [-0.1, -0.05) is 15.9 Å². The number of hydrogen-bond acceptors (Lipinski definition) is 4. The van der Waals surface area contributed by atoms with Crippen LogP contribution in [-0.2, 0) is 11.2 Å². The Balaban J connectivity index is 2.52. The molecule has 1 rings (SSSR count). The lowest BCUT2D eigenvalue weighted by atomic mass is 10.0. The normalized spacial score (nSPS) is 13.2. The summed E-state index contributed by atoms with van der Waals surface area (Å²) in [7, 11) is 1.56. The first-order valence-corrected chi connectivity index (χ1v) is 7.08. The van der Waals surface area contributed by atoms with Crippen molar-refractivity contribution in [3.05, 3.63) is 28.2 Å². The van der Waals surface area contributed by atoms with Gasteiger partial charge in [-0.3, -0.25) is 11.3 Å². The Hall–Kier alpha value is -0.830. The summed E-state index contributed by atoms with van der Waals surface area (Å²) in [6, 6.07) is 5.34. The van der Waals surface area contributed by atoms with Crippen LogP contribution in [0.15, 0.2) is 22.7 Å². The Morgan fingerprint density at radius 1 is 1.38 bits per heavy atom. The summed E-state index contributed by atoms with van der Waals surface area (Å²) < 4.78 is 46.6. The number of hydrogen-bond donors (Lipinski definition) is 2. The van der Waals surface area contributed by atoms with Gasteiger partial charge >= 0.3 is 6.18 Å². The molecule has 1 unspecified atom stereocenters. The molecule has 0 saturated heterocycles. The fraction of sp³-hybridized carbons (Fsp3) is 0.538. The molecule has 8 heteroatoms. The van der Waals surface area contributed by atoms with Crippen LogP contribution in [0.25, 0.3) is 0 Å². The van der Waals surface area contributed by atoms with Crippen molar-refractivity contribution in [2.75, 3.05) is 20.3 Å². The number of halogens is 4. The van der Waals surface area contributed by atoms with Crippen molar-refractivity contribution < 1.29 is 22.6 Å². The predicted molar refractivity (Wildman–Crippen MR) is 77.0 cm³/mol. The summed E-state index contributed by atoms with van der Waals surface area (Å²) >= 11 is 3.37. The lowest BCUT2D eigenvalue weighted by molar-refractivity contribution is -0.174. The van der Waals surface area contributed by atoms with Gasteiger partial charge in [-0.25, -0.2) is 0 Å². The van der Waals surface area contributed by atoms with E-state index in [0.717, 1.165) is 10.0 Å². The quantitative estimate of drug-likeness (QED) is 0.419. The minimum absolute atomic E-state index is 0.0231. The fourth-order valence-corrected chi connectivity index (χ4v) is 2.24. The van der Waals surface area contributed by atoms with E-state index in [-0.39, 0.29) is 12.6 Å². The Morgan fingerprint density at radius 3 is 2.67 bits per heavy atom. The zero-order valence-corrected chi connectivity index (χ0v) is 13.1. The molecule has 1 aromatic rings. The van der Waals surface area contributed by atoms with E-state index < -0.39 is 12.8 Å². The van der Waals surface area contributed by atoms with E-state index in [1.165, 1.54) is 0 Å². The minimum Gasteiger partial charge on any atom is -0.496 e. The second-order valence-electron chi connectivity index (χ2n) is 4.48. The van der Waals surface area contributed by atoms with Crippen molar-refractivity contribution in [1.29, 1.82) is 0 Å². The minimum atomic E-state index is -4.31. The lowest BCUT2D eigenvalue weighted by Crippen LogP contribution is -2.38. The lowest BCUT2D eigenvalue weighted by Gasteiger charge is -2.18. The highest BCUT2D eigenvalue weighted by molar-refractivity contribution is 9.10. The summed E-state index contributed by atoms with van der Waals surface area (Å²) in [5, 5.41) is 0. The first kappa shape index (κ1) is 18.2. The monoisotopic (exact) mass is 370 g/mol. The summed E-state index contributed by atoms with van der Waals surface area (Å²) in [5.41, 5.74) is 3.49. The van der Waals surface area contributed by atoms with Gasteiger partial charge in [0.2, 0.25) is 0 Å². The van der Waals surface area contributed by atoms with Crippen molar-refractivity contribution in [3.63, 3.8) is 0 Å². The van der Waals surface area contributed by atoms with Crippen LogP contribution in [0, 0.1) is 0 Å². The molecule has 1 atom stereocenters. The summed E-state index contributed by atoms with van der Waals surface area (Å²) in [6.45, 7) is -1.27. The van der Waals surface area contributed by atoms with E-state index in [1.807, 2.05) is 18.2 Å². The largest absolute Gasteiger partial charge is 0.496 e. The first-order chi connectivity index (χ1) is 9.85. The number of rotatable bonds is 8. The van der Waals surface area contributed by atoms with Gasteiger partial charge in [0, 0.05) is 17.1 Å². The van der Waals surface area contributed by atoms with Crippen molar-refractivity contribution >= 4 is 15.9 Å². The summed E-state index contributed by atoms with van der Waals surface area (Å²) in [6.07, 6.45) is -3.42. The SMILES string of the molecule is COc1ccc(Br)cc1CC(CCOCC(F)(F)F)NN. The second-order valence-corrected chi connectivity index (χ2v) is 5.40. The molecule has 0 aliphatic carbocycles. The maximum absolute atomic E-state index is 12.0. The van der Waals surface area contributed by atoms with Gasteiger partial charge in [0.25, 0.3) is 0 Å². The number of methoxy groups -OCH3 is 1. The molecule has 21 heavy (non-hydrogen) atoms. The summed E-state index contributed by atoms with van der Waals surface area (Å²) in [5.74, 6) is 6.14. The van der Waals surface area contributed by atoms with Gasteiger partial charge < -0.3 is 9.47 Å². The standard InChI is InChI=1S/C13H18BrF3N2O2/c1-20-12-3-2-10(14)6-9(12)7-11(19-18)4-5-21-8-13(15,16)17/h2-3,6,11,19H,4-5,7-8,18H2,1H3. The van der Waals surface area contributed by atoms with E-state index in [9.17, 15) is 13.2 Å². The molecule has 0 heterocycles. The molecule has 0 aliphatic rings. The number of nitrogens with one attached hydrogen (secondary N) is 1. The van der Waals surface area contributed by atoms with Crippen LogP contribution in [0.1, 0.15) is 12.0 Å². The molecule has 0 fully saturated rings. The van der Waals surface area contributed by atoms with Crippen molar-refractivity contribution in [3.8, 4) is 5.75 Å². The van der Waals surface area contributed by atoms with E-state index in [1.54, 1.807) is 7.11 Å². The molecule has 1 aromatic carbocycles. The third-order valence-electron chi connectivity index (χ3n) is 2.82. The van der Waals surface area contributed by atoms with Crippen LogP contribution in [0.5, 0.6) is 5.75 Å². The Labute approximate surface area is 129 Å². The average molecular weight is 371 g/mol. The van der Waals surface area contributed by atoms with Gasteiger partial charge in [0.15, 0.2) is 0 Å². The maximum Gasteiger partial charge on any atom is 0.411 e. The van der Waals surface area contributed by atoms with Crippen molar-refractivity contribution in [1.82, 2.24) is 5.43 Å². The third kappa shape index (κ3) is 7.12. The third-order valence-corrected chi connectivity index (χ3v) is 3.31. The van der Waals surface area contributed by atoms with E-state index >= 15 is 0 Å². The Morgan fingerprint density at radius 2 is 2.10 bits per heavy atom. The van der Waals surface area contributed by atoms with Gasteiger partial charge in [-0.2, -0.15) is 13.2 Å². The van der Waals surface area contributed by atoms with Crippen LogP contribution >= 0.6 is 15.9 Å². The molecule has 0 bridgehead atoms. The van der Waals surface area contributed by atoms with E-state index in [4.69, 9.17) is 10.6 Å². The maximum atomic E-state index is 12.0. The number of hydrazine groups is 1. The van der Waals surface area contributed by atoms with E-state index in [0.29, 0.717) is 18.6 Å². The number of nitrogens with two attached hydrogens (primary N) is 1. The number of alkyl halides is 3. The van der Waals surface area contributed by atoms with Crippen LogP contribution < -0.4 is 16.0 Å². The Kier molecular flexibility index (Phi) is 7.44. The van der Waals surface area contributed by atoms with Gasteiger partial charge in [-0.15, -0.1) is 0 Å². The highest BCUT2D eigenvalue weighted by Gasteiger charge is 2.27. The molecule has 0 saturated carbocycles. The smallest absolute Gasteiger partial charge is 0.411 e. The van der Waals surface area contributed by atoms with E-state index in [2.05, 4.69) is 26.1 Å². The fourth-order valence-electron chi connectivity index (χ4n) is 1.83. The van der Waals surface area contributed by atoms with Crippen LogP contribution in [0.3, 0.4) is 0 Å². The molecule has 3 N–H and O–H groups in total. The molecule has 120 valence electrons. The van der Waals surface area contributed by atoms with Gasteiger partial charge in [-0.05, 0) is 36.6 Å². The van der Waals surface area contributed by atoms with Crippen LogP contribution in [-0.4, -0.2) is 32.5 Å². The molecule has 0 aromatic heterocycles. The zero-order valence-electron chi connectivity index (χ0n) is 11.5. The van der Waals surface area contributed by atoms with Crippen molar-refractivity contribution in [2.45, 2.75) is 25.1 Å². The van der Waals surface area contributed by atoms with Crippen LogP contribution in [0.2, 0.25) is 0 Å². The van der Waals surface area contributed by atoms with Crippen molar-refractivity contribution in [2.24, 2.45) is 5.84 Å². The first-order valence-electron chi connectivity index (χ1n) is 6.28. The molecule has 4 nitrogen and oxygen atoms in total. The number of ether oxygens (including phenoxy) is 2. The predicted octanol–water partition coefficient (Wildman–Crippen LogP) is 2.80. The second kappa shape index (κ2) is 8.57. The van der Waals surface area contributed by atoms with Gasteiger partial charge in [0.1, 0.15) is 12.4 Å². The Bertz CT molecular complexity index is 444. The number of benzene rings is 1. The highest BCUT2D eigenvalue weighted by Crippen LogP contribution is 2.24. The van der Waals surface area contributed by atoms with Gasteiger partial charge in [0.05, 0.1) is 7.11 Å². The molecule has 0 aliphatic heterocycles. The molecule has 0 radical (unpaired) electrons. The average Bonchev–Trinajstić information content (AvgIpc) is 2.41.